The van der Waals surface area contributed by atoms with Crippen molar-refractivity contribution in [2.24, 2.45) is 10.5 Å². The van der Waals surface area contributed by atoms with E-state index in [-0.39, 0.29) is 23.7 Å². The van der Waals surface area contributed by atoms with Crippen LogP contribution in [0.1, 0.15) is 78.5 Å². The number of aryl methyl sites for hydroxylation is 1. The number of aromatic nitrogens is 2. The van der Waals surface area contributed by atoms with Gasteiger partial charge in [-0.3, -0.25) is 9.59 Å². The molecule has 274 valence electrons. The lowest BCUT2D eigenvalue weighted by atomic mass is 9.69. The first-order valence-electron chi connectivity index (χ1n) is 17.4. The molecule has 0 spiro atoms. The van der Waals surface area contributed by atoms with Gasteiger partial charge in [0.25, 0.3) is 5.91 Å². The highest BCUT2D eigenvalue weighted by molar-refractivity contribution is 7.89. The van der Waals surface area contributed by atoms with Gasteiger partial charge >= 0.3 is 0 Å². The zero-order chi connectivity index (χ0) is 37.7. The van der Waals surface area contributed by atoms with Crippen molar-refractivity contribution in [3.8, 4) is 5.75 Å². The Morgan fingerprint density at radius 2 is 1.83 bits per heavy atom. The van der Waals surface area contributed by atoms with E-state index in [0.717, 1.165) is 39.9 Å². The van der Waals surface area contributed by atoms with Crippen molar-refractivity contribution in [2.45, 2.75) is 71.4 Å². The summed E-state index contributed by atoms with van der Waals surface area (Å²) in [4.78, 5) is 37.1. The largest absolute Gasteiger partial charge is 0.593 e. The number of para-hydroxylation sites is 1. The van der Waals surface area contributed by atoms with Crippen LogP contribution in [0.15, 0.2) is 77.0 Å². The summed E-state index contributed by atoms with van der Waals surface area (Å²) in [5, 5.41) is 10.2. The minimum Gasteiger partial charge on any atom is -0.593 e. The third-order valence-electron chi connectivity index (χ3n) is 9.56. The van der Waals surface area contributed by atoms with Crippen LogP contribution >= 0.6 is 0 Å². The van der Waals surface area contributed by atoms with E-state index in [4.69, 9.17) is 10.3 Å². The first kappa shape index (κ1) is 38.4. The molecule has 0 radical (unpaired) electrons. The van der Waals surface area contributed by atoms with Crippen molar-refractivity contribution in [1.29, 1.82) is 5.53 Å². The number of rotatable bonds is 12. The summed E-state index contributed by atoms with van der Waals surface area (Å²) in [6.45, 7) is 13.3. The molecule has 1 aliphatic rings. The maximum atomic E-state index is 14.3. The molecular formula is C39H48N8O4S. The molecule has 3 atom stereocenters. The van der Waals surface area contributed by atoms with E-state index < -0.39 is 22.7 Å². The average molecular weight is 725 g/mol. The van der Waals surface area contributed by atoms with E-state index in [2.05, 4.69) is 38.7 Å². The molecule has 2 heterocycles. The van der Waals surface area contributed by atoms with Gasteiger partial charge in [-0.25, -0.2) is 15.5 Å². The number of nitrogens with zero attached hydrogens (tertiary/aromatic N) is 5. The predicted octanol–water partition coefficient (Wildman–Crippen LogP) is 7.38. The molecule has 52 heavy (non-hydrogen) atoms. The molecule has 0 fully saturated rings. The van der Waals surface area contributed by atoms with E-state index in [1.165, 1.54) is 17.3 Å². The van der Waals surface area contributed by atoms with Crippen molar-refractivity contribution < 1.29 is 18.9 Å². The SMILES string of the molecule is CCNc1ccc([C@H](c2ccc(C)c(CN3C[C@@H](CC)Oc4ccccc4[S+]3[O-])c2)C(C)(C)C(=O)Nc2cnc(C(=O)N(C)C)nc2)c(C)c1N=N. The van der Waals surface area contributed by atoms with E-state index >= 15 is 0 Å². The second-order valence-electron chi connectivity index (χ2n) is 13.8. The normalized spacial score (nSPS) is 16.6. The smallest absolute Gasteiger partial charge is 0.291 e. The van der Waals surface area contributed by atoms with Gasteiger partial charge in [0.05, 0.1) is 53.6 Å². The fourth-order valence-electron chi connectivity index (χ4n) is 6.53. The Balaban J connectivity index is 1.57. The second-order valence-corrected chi connectivity index (χ2v) is 15.2. The number of amides is 2. The van der Waals surface area contributed by atoms with Crippen LogP contribution in [0.3, 0.4) is 0 Å². The molecule has 5 rings (SSSR count). The molecule has 0 saturated carbocycles. The summed E-state index contributed by atoms with van der Waals surface area (Å²) in [7, 11) is 3.24. The third-order valence-corrected chi connectivity index (χ3v) is 11.0. The zero-order valence-corrected chi connectivity index (χ0v) is 31.9. The molecule has 0 aliphatic carbocycles. The first-order valence-corrected chi connectivity index (χ1v) is 18.5. The Hall–Kier alpha value is -4.85. The topological polar surface area (TPSA) is 159 Å². The van der Waals surface area contributed by atoms with Crippen LogP contribution in [0.25, 0.3) is 0 Å². The Bertz CT molecular complexity index is 1930. The monoisotopic (exact) mass is 724 g/mol. The van der Waals surface area contributed by atoms with Gasteiger partial charge < -0.3 is 24.8 Å². The molecule has 3 N–H and O–H groups in total. The van der Waals surface area contributed by atoms with Gasteiger partial charge in [0, 0.05) is 26.6 Å². The molecule has 1 aliphatic heterocycles. The Labute approximate surface area is 309 Å². The molecule has 13 heteroatoms. The van der Waals surface area contributed by atoms with Crippen molar-refractivity contribution in [2.75, 3.05) is 37.8 Å². The van der Waals surface area contributed by atoms with Crippen molar-refractivity contribution in [1.82, 2.24) is 19.2 Å². The van der Waals surface area contributed by atoms with Gasteiger partial charge in [-0.1, -0.05) is 57.2 Å². The van der Waals surface area contributed by atoms with Crippen LogP contribution in [0.2, 0.25) is 0 Å². The minimum absolute atomic E-state index is 0.0287. The average Bonchev–Trinajstić information content (AvgIpc) is 3.26. The van der Waals surface area contributed by atoms with E-state index in [1.807, 2.05) is 87.5 Å². The van der Waals surface area contributed by atoms with Gasteiger partial charge in [0.2, 0.25) is 16.6 Å². The lowest BCUT2D eigenvalue weighted by Gasteiger charge is -2.36. The molecule has 0 bridgehead atoms. The van der Waals surface area contributed by atoms with E-state index in [9.17, 15) is 14.1 Å². The van der Waals surface area contributed by atoms with Gasteiger partial charge in [-0.05, 0) is 73.2 Å². The third kappa shape index (κ3) is 7.96. The highest BCUT2D eigenvalue weighted by Gasteiger charge is 2.41. The molecule has 4 aromatic rings. The summed E-state index contributed by atoms with van der Waals surface area (Å²) in [5.74, 6) is -0.458. The summed E-state index contributed by atoms with van der Waals surface area (Å²) >= 11 is -1.45. The molecule has 1 aromatic heterocycles. The lowest BCUT2D eigenvalue weighted by Crippen LogP contribution is -2.38. The van der Waals surface area contributed by atoms with E-state index in [0.29, 0.717) is 41.7 Å². The van der Waals surface area contributed by atoms with Crippen LogP contribution in [0, 0.1) is 24.8 Å². The van der Waals surface area contributed by atoms with Crippen LogP contribution < -0.4 is 15.4 Å². The summed E-state index contributed by atoms with van der Waals surface area (Å²) in [6, 6.07) is 17.6. The van der Waals surface area contributed by atoms with Crippen LogP contribution in [0.5, 0.6) is 5.75 Å². The molecule has 3 aromatic carbocycles. The Morgan fingerprint density at radius 3 is 2.48 bits per heavy atom. The number of carbonyl (C=O) groups excluding carboxylic acids is 2. The number of nitrogens with one attached hydrogen (secondary N) is 3. The molecule has 2 amide bonds. The Morgan fingerprint density at radius 1 is 1.12 bits per heavy atom. The van der Waals surface area contributed by atoms with Gasteiger partial charge in [0.15, 0.2) is 5.75 Å². The predicted molar refractivity (Wildman–Crippen MR) is 204 cm³/mol. The van der Waals surface area contributed by atoms with Crippen molar-refractivity contribution in [3.63, 3.8) is 0 Å². The first-order chi connectivity index (χ1) is 24.8. The summed E-state index contributed by atoms with van der Waals surface area (Å²) in [6.07, 6.45) is 3.49. The highest BCUT2D eigenvalue weighted by atomic mass is 32.2. The number of carbonyl (C=O) groups is 2. The van der Waals surface area contributed by atoms with Gasteiger partial charge in [-0.2, -0.15) is 5.11 Å². The van der Waals surface area contributed by atoms with Crippen molar-refractivity contribution in [3.05, 3.63) is 101 Å². The molecular weight excluding hydrogens is 677 g/mol. The number of fused-ring (bicyclic) bond motifs is 1. The summed E-state index contributed by atoms with van der Waals surface area (Å²) < 4.78 is 22.2. The number of ether oxygens (including phenoxy) is 1. The minimum atomic E-state index is -1.45. The van der Waals surface area contributed by atoms with Crippen molar-refractivity contribution >= 4 is 40.2 Å². The van der Waals surface area contributed by atoms with E-state index in [1.54, 1.807) is 14.1 Å². The van der Waals surface area contributed by atoms with Gasteiger partial charge in [-0.15, -0.1) is 4.31 Å². The maximum absolute atomic E-state index is 14.3. The highest BCUT2D eigenvalue weighted by Crippen LogP contribution is 2.46. The number of hydrogen-bond donors (Lipinski definition) is 3. The summed E-state index contributed by atoms with van der Waals surface area (Å²) in [5.41, 5.74) is 13.1. The molecule has 1 unspecified atom stereocenters. The van der Waals surface area contributed by atoms with Gasteiger partial charge in [0.1, 0.15) is 11.8 Å². The van der Waals surface area contributed by atoms with Crippen LogP contribution in [0.4, 0.5) is 17.1 Å². The fraction of sp³-hybridized carbons (Fsp3) is 0.385. The van der Waals surface area contributed by atoms with Crippen LogP contribution in [-0.2, 0) is 22.7 Å². The zero-order valence-electron chi connectivity index (χ0n) is 31.1. The quantitative estimate of drug-likeness (QED) is 0.101. The Kier molecular flexibility index (Phi) is 12.0. The molecule has 0 saturated heterocycles. The molecule has 12 nitrogen and oxygen atoms in total. The number of anilines is 2. The maximum Gasteiger partial charge on any atom is 0.291 e. The lowest BCUT2D eigenvalue weighted by molar-refractivity contribution is -0.124. The van der Waals surface area contributed by atoms with Crippen LogP contribution in [-0.4, -0.2) is 68.8 Å². The second kappa shape index (κ2) is 16.2. The number of hydrogen-bond acceptors (Lipinski definition) is 10. The fourth-order valence-corrected chi connectivity index (χ4v) is 7.85. The number of benzene rings is 3. The standard InChI is InChI=1S/C39H48N8O4S/c1-9-29-23-47(52(50)33-14-12-11-13-32(33)51-29)22-27-19-26(16-15-24(27)3)34(30-17-18-31(41-10-2)35(45-40)25(30)4)39(5,6)38(49)44-28-20-42-36(43-21-28)37(48)46(7)8/h11-21,29,34,40-41H,9-10,22-23H2,1-8H3,(H,44,49)/t29-,34+,52?/m1/s1.